The fourth-order valence-corrected chi connectivity index (χ4v) is 3.61. The first-order valence-electron chi connectivity index (χ1n) is 11.1. The van der Waals surface area contributed by atoms with E-state index < -0.39 is 29.1 Å². The van der Waals surface area contributed by atoms with Gasteiger partial charge in [0.2, 0.25) is 0 Å². The maximum absolute atomic E-state index is 13.7. The third-order valence-corrected chi connectivity index (χ3v) is 6.03. The van der Waals surface area contributed by atoms with Gasteiger partial charge in [0.05, 0.1) is 23.1 Å². The first-order valence-corrected chi connectivity index (χ1v) is 11.1. The standard InChI is InChI=1S/C24H24F3N7O/c1-15(20-31-14-34(32-20)22-29-7-4-8-30-22)33(12-16-5-6-16)21(35)17-9-18(23(2,3)13-28)11-19(10-17)24(25,26)27/h4,7-11,14-16H,5-6,12H2,1-3H3. The van der Waals surface area contributed by atoms with Crippen LogP contribution in [0.15, 0.2) is 43.0 Å². The van der Waals surface area contributed by atoms with Gasteiger partial charge in [-0.25, -0.2) is 15.0 Å². The van der Waals surface area contributed by atoms with E-state index in [1.807, 2.05) is 6.07 Å². The largest absolute Gasteiger partial charge is 0.416 e. The Balaban J connectivity index is 1.71. The number of nitrogens with zero attached hydrogens (tertiary/aromatic N) is 7. The highest BCUT2D eigenvalue weighted by molar-refractivity contribution is 5.95. The summed E-state index contributed by atoms with van der Waals surface area (Å²) in [6.45, 7) is 5.14. The monoisotopic (exact) mass is 483 g/mol. The fraction of sp³-hybridized carbons (Fsp3) is 0.417. The van der Waals surface area contributed by atoms with E-state index in [0.717, 1.165) is 25.0 Å². The number of aromatic nitrogens is 5. The van der Waals surface area contributed by atoms with Crippen molar-refractivity contribution in [1.82, 2.24) is 29.6 Å². The Bertz CT molecular complexity index is 1260. The van der Waals surface area contributed by atoms with Crippen molar-refractivity contribution in [2.24, 2.45) is 5.92 Å². The molecule has 8 nitrogen and oxygen atoms in total. The summed E-state index contributed by atoms with van der Waals surface area (Å²) in [7, 11) is 0. The van der Waals surface area contributed by atoms with Crippen LogP contribution in [0, 0.1) is 17.2 Å². The Hall–Kier alpha value is -3.81. The molecule has 35 heavy (non-hydrogen) atoms. The quantitative estimate of drug-likeness (QED) is 0.491. The Morgan fingerprint density at radius 3 is 2.43 bits per heavy atom. The van der Waals surface area contributed by atoms with Gasteiger partial charge in [0.15, 0.2) is 5.82 Å². The van der Waals surface area contributed by atoms with Crippen LogP contribution in [0.4, 0.5) is 13.2 Å². The second-order valence-corrected chi connectivity index (χ2v) is 9.21. The van der Waals surface area contributed by atoms with Crippen LogP contribution in [0.25, 0.3) is 5.95 Å². The van der Waals surface area contributed by atoms with E-state index >= 15 is 0 Å². The zero-order valence-electron chi connectivity index (χ0n) is 19.5. The van der Waals surface area contributed by atoms with E-state index in [2.05, 4.69) is 20.1 Å². The van der Waals surface area contributed by atoms with Gasteiger partial charge in [-0.2, -0.15) is 23.1 Å². The SMILES string of the molecule is CC(c1ncn(-c2ncccn2)n1)N(CC1CC1)C(=O)c1cc(C(F)(F)F)cc(C(C)(C)C#N)c1. The van der Waals surface area contributed by atoms with Crippen LogP contribution in [0.1, 0.15) is 67.0 Å². The summed E-state index contributed by atoms with van der Waals surface area (Å²) >= 11 is 0. The average molecular weight is 483 g/mol. The molecule has 4 rings (SSSR count). The second kappa shape index (κ2) is 9.09. The molecule has 3 aromatic rings. The van der Waals surface area contributed by atoms with E-state index in [4.69, 9.17) is 0 Å². The van der Waals surface area contributed by atoms with E-state index in [1.54, 1.807) is 25.4 Å². The first-order chi connectivity index (χ1) is 16.5. The van der Waals surface area contributed by atoms with E-state index in [-0.39, 0.29) is 17.0 Å². The van der Waals surface area contributed by atoms with Crippen molar-refractivity contribution < 1.29 is 18.0 Å². The minimum Gasteiger partial charge on any atom is -0.328 e. The predicted octanol–water partition coefficient (Wildman–Crippen LogP) is 4.49. The molecule has 0 aliphatic heterocycles. The molecule has 1 aliphatic rings. The summed E-state index contributed by atoms with van der Waals surface area (Å²) < 4.78 is 42.4. The summed E-state index contributed by atoms with van der Waals surface area (Å²) in [5.41, 5.74) is -2.18. The smallest absolute Gasteiger partial charge is 0.328 e. The molecule has 0 radical (unpaired) electrons. The van der Waals surface area contributed by atoms with Crippen LogP contribution in [0.5, 0.6) is 0 Å². The Morgan fingerprint density at radius 1 is 1.17 bits per heavy atom. The van der Waals surface area contributed by atoms with Crippen LogP contribution in [0.2, 0.25) is 0 Å². The van der Waals surface area contributed by atoms with E-state index in [0.29, 0.717) is 18.3 Å². The van der Waals surface area contributed by atoms with Gasteiger partial charge in [0, 0.05) is 24.5 Å². The number of alkyl halides is 3. The molecule has 1 unspecified atom stereocenters. The number of amides is 1. The Morgan fingerprint density at radius 2 is 1.83 bits per heavy atom. The molecule has 1 amide bonds. The summed E-state index contributed by atoms with van der Waals surface area (Å²) in [5.74, 6) is 0.315. The molecule has 0 saturated heterocycles. The van der Waals surface area contributed by atoms with Crippen LogP contribution in [0.3, 0.4) is 0 Å². The molecular weight excluding hydrogens is 459 g/mol. The lowest BCUT2D eigenvalue weighted by molar-refractivity contribution is -0.137. The maximum atomic E-state index is 13.7. The molecule has 2 heterocycles. The summed E-state index contributed by atoms with van der Waals surface area (Å²) in [4.78, 5) is 27.7. The van der Waals surface area contributed by atoms with Crippen molar-refractivity contribution in [2.45, 2.75) is 51.2 Å². The summed E-state index contributed by atoms with van der Waals surface area (Å²) in [5, 5.41) is 13.9. The van der Waals surface area contributed by atoms with Crippen molar-refractivity contribution in [3.63, 3.8) is 0 Å². The van der Waals surface area contributed by atoms with Gasteiger partial charge in [-0.15, -0.1) is 5.10 Å². The number of rotatable bonds is 7. The molecule has 11 heteroatoms. The molecule has 1 saturated carbocycles. The van der Waals surface area contributed by atoms with Crippen molar-refractivity contribution in [3.05, 3.63) is 65.5 Å². The van der Waals surface area contributed by atoms with Gasteiger partial charge < -0.3 is 4.90 Å². The number of nitriles is 1. The van der Waals surface area contributed by atoms with Gasteiger partial charge in [-0.05, 0) is 69.4 Å². The molecule has 1 aliphatic carbocycles. The number of hydrogen-bond donors (Lipinski definition) is 0. The Labute approximate surface area is 200 Å². The van der Waals surface area contributed by atoms with Gasteiger partial charge in [-0.3, -0.25) is 4.79 Å². The first kappa shape index (κ1) is 24.3. The highest BCUT2D eigenvalue weighted by atomic mass is 19.4. The lowest BCUT2D eigenvalue weighted by Crippen LogP contribution is -2.36. The van der Waals surface area contributed by atoms with Crippen molar-refractivity contribution in [1.29, 1.82) is 5.26 Å². The highest BCUT2D eigenvalue weighted by Crippen LogP contribution is 2.36. The predicted molar refractivity (Wildman–Crippen MR) is 119 cm³/mol. The van der Waals surface area contributed by atoms with Gasteiger partial charge in [-0.1, -0.05) is 0 Å². The number of benzene rings is 1. The zero-order valence-corrected chi connectivity index (χ0v) is 19.5. The van der Waals surface area contributed by atoms with Crippen molar-refractivity contribution in [3.8, 4) is 12.0 Å². The number of carbonyl (C=O) groups excluding carboxylic acids is 1. The third kappa shape index (κ3) is 5.31. The third-order valence-electron chi connectivity index (χ3n) is 6.03. The second-order valence-electron chi connectivity index (χ2n) is 9.21. The minimum atomic E-state index is -4.67. The van der Waals surface area contributed by atoms with Crippen LogP contribution in [-0.2, 0) is 11.6 Å². The molecule has 2 aromatic heterocycles. The number of hydrogen-bond acceptors (Lipinski definition) is 6. The Kier molecular flexibility index (Phi) is 6.32. The number of carbonyl (C=O) groups is 1. The summed E-state index contributed by atoms with van der Waals surface area (Å²) in [6, 6.07) is 6.21. The topological polar surface area (TPSA) is 101 Å². The zero-order chi connectivity index (χ0) is 25.4. The fourth-order valence-electron chi connectivity index (χ4n) is 3.61. The molecule has 0 bridgehead atoms. The van der Waals surface area contributed by atoms with Crippen LogP contribution < -0.4 is 0 Å². The van der Waals surface area contributed by atoms with E-state index in [1.165, 1.54) is 35.8 Å². The normalized spacial score (nSPS) is 14.9. The maximum Gasteiger partial charge on any atom is 0.416 e. The molecule has 0 N–H and O–H groups in total. The molecule has 0 spiro atoms. The molecular formula is C24H24F3N7O. The van der Waals surface area contributed by atoms with E-state index in [9.17, 15) is 23.2 Å². The molecule has 1 fully saturated rings. The van der Waals surface area contributed by atoms with Crippen LogP contribution >= 0.6 is 0 Å². The molecule has 182 valence electrons. The number of halogens is 3. The highest BCUT2D eigenvalue weighted by Gasteiger charge is 2.36. The lowest BCUT2D eigenvalue weighted by Gasteiger charge is -2.29. The lowest BCUT2D eigenvalue weighted by atomic mass is 9.84. The summed E-state index contributed by atoms with van der Waals surface area (Å²) in [6.07, 6.45) is 1.75. The van der Waals surface area contributed by atoms with Gasteiger partial charge in [0.1, 0.15) is 6.33 Å². The van der Waals surface area contributed by atoms with Crippen molar-refractivity contribution >= 4 is 5.91 Å². The van der Waals surface area contributed by atoms with Gasteiger partial charge in [0.25, 0.3) is 11.9 Å². The van der Waals surface area contributed by atoms with Crippen LogP contribution in [-0.4, -0.2) is 42.1 Å². The van der Waals surface area contributed by atoms with Gasteiger partial charge >= 0.3 is 6.18 Å². The van der Waals surface area contributed by atoms with Crippen molar-refractivity contribution in [2.75, 3.05) is 6.54 Å². The molecule has 1 atom stereocenters. The minimum absolute atomic E-state index is 0.126. The average Bonchev–Trinajstić information content (AvgIpc) is 3.53. The molecule has 1 aromatic carbocycles.